The molecular weight excluding hydrogens is 469 g/mol. The summed E-state index contributed by atoms with van der Waals surface area (Å²) in [5.41, 5.74) is 1.68. The van der Waals surface area contributed by atoms with Gasteiger partial charge in [-0.1, -0.05) is 35.0 Å². The molecule has 0 bridgehead atoms. The second-order valence-electron chi connectivity index (χ2n) is 8.02. The van der Waals surface area contributed by atoms with E-state index in [1.165, 1.54) is 27.4 Å². The lowest BCUT2D eigenvalue weighted by molar-refractivity contribution is 0.0696. The Balaban J connectivity index is 1.57. The van der Waals surface area contributed by atoms with Crippen molar-refractivity contribution < 1.29 is 22.1 Å². The van der Waals surface area contributed by atoms with Crippen LogP contribution in [0.4, 0.5) is 4.39 Å². The number of carbonyl (C=O) groups is 1. The van der Waals surface area contributed by atoms with Crippen molar-refractivity contribution in [2.75, 3.05) is 26.2 Å². The van der Waals surface area contributed by atoms with Crippen LogP contribution in [0.5, 0.6) is 0 Å². The molecule has 0 aliphatic carbocycles. The summed E-state index contributed by atoms with van der Waals surface area (Å²) in [6.07, 6.45) is 0. The number of aryl methyl sites for hydroxylation is 3. The van der Waals surface area contributed by atoms with Crippen LogP contribution in [0.25, 0.3) is 11.3 Å². The summed E-state index contributed by atoms with van der Waals surface area (Å²) < 4.78 is 47.4. The first-order valence-electron chi connectivity index (χ1n) is 10.4. The number of hydrogen-bond donors (Lipinski definition) is 0. The topological polar surface area (TPSA) is 83.7 Å². The first-order valence-corrected chi connectivity index (χ1v) is 12.2. The van der Waals surface area contributed by atoms with Gasteiger partial charge in [0.1, 0.15) is 22.8 Å². The lowest BCUT2D eigenvalue weighted by Crippen LogP contribution is -2.50. The first kappa shape index (κ1) is 23.4. The highest BCUT2D eigenvalue weighted by Gasteiger charge is 2.34. The molecule has 3 aromatic rings. The smallest absolute Gasteiger partial charge is 0.259 e. The van der Waals surface area contributed by atoms with E-state index in [0.717, 1.165) is 5.56 Å². The van der Waals surface area contributed by atoms with E-state index in [4.69, 9.17) is 16.1 Å². The summed E-state index contributed by atoms with van der Waals surface area (Å²) in [7, 11) is -3.69. The van der Waals surface area contributed by atoms with E-state index in [2.05, 4.69) is 5.16 Å². The van der Waals surface area contributed by atoms with Crippen LogP contribution in [0.15, 0.2) is 45.8 Å². The lowest BCUT2D eigenvalue weighted by Gasteiger charge is -2.34. The zero-order chi connectivity index (χ0) is 23.9. The highest BCUT2D eigenvalue weighted by molar-refractivity contribution is 7.89. The molecule has 1 saturated heterocycles. The Labute approximate surface area is 196 Å². The highest BCUT2D eigenvalue weighted by atomic mass is 35.5. The van der Waals surface area contributed by atoms with Crippen LogP contribution < -0.4 is 0 Å². The molecule has 0 N–H and O–H groups in total. The summed E-state index contributed by atoms with van der Waals surface area (Å²) >= 11 is 6.17. The van der Waals surface area contributed by atoms with E-state index in [1.54, 1.807) is 26.0 Å². The summed E-state index contributed by atoms with van der Waals surface area (Å²) in [6.45, 7) is 5.81. The summed E-state index contributed by atoms with van der Waals surface area (Å²) in [5, 5.41) is 3.99. The molecule has 2 aromatic carbocycles. The van der Waals surface area contributed by atoms with E-state index in [9.17, 15) is 17.6 Å². The molecule has 1 aromatic heterocycles. The standard InChI is InChI=1S/C23H23ClFN3O4S/c1-14-7-8-15(2)19(13-14)33(30,31)28-11-9-27(10-12-28)23(29)20-16(3)32-26-22(20)21-17(24)5-4-6-18(21)25/h4-8,13H,9-12H2,1-3H3. The number of rotatable bonds is 4. The van der Waals surface area contributed by atoms with E-state index in [0.29, 0.717) is 5.56 Å². The van der Waals surface area contributed by atoms with Gasteiger partial charge < -0.3 is 9.42 Å². The Kier molecular flexibility index (Phi) is 6.30. The zero-order valence-corrected chi connectivity index (χ0v) is 20.0. The van der Waals surface area contributed by atoms with Gasteiger partial charge >= 0.3 is 0 Å². The monoisotopic (exact) mass is 491 g/mol. The van der Waals surface area contributed by atoms with Crippen LogP contribution in [-0.2, 0) is 10.0 Å². The Morgan fingerprint density at radius 2 is 1.79 bits per heavy atom. The third kappa shape index (κ3) is 4.28. The van der Waals surface area contributed by atoms with E-state index in [-0.39, 0.29) is 58.7 Å². The van der Waals surface area contributed by atoms with Gasteiger partial charge in [-0.05, 0) is 50.1 Å². The number of amides is 1. The fourth-order valence-corrected chi connectivity index (χ4v) is 5.92. The van der Waals surface area contributed by atoms with Gasteiger partial charge in [-0.15, -0.1) is 0 Å². The maximum atomic E-state index is 14.5. The van der Waals surface area contributed by atoms with E-state index < -0.39 is 21.7 Å². The SMILES string of the molecule is Cc1ccc(C)c(S(=O)(=O)N2CCN(C(=O)c3c(-c4c(F)cccc4Cl)noc3C)CC2)c1. The van der Waals surface area contributed by atoms with Gasteiger partial charge in [0.15, 0.2) is 0 Å². The largest absolute Gasteiger partial charge is 0.360 e. The lowest BCUT2D eigenvalue weighted by atomic mass is 10.0. The van der Waals surface area contributed by atoms with Crippen molar-refractivity contribution in [1.29, 1.82) is 0 Å². The summed E-state index contributed by atoms with van der Waals surface area (Å²) in [5.74, 6) is -0.791. The molecule has 0 atom stereocenters. The van der Waals surface area contributed by atoms with Crippen molar-refractivity contribution in [3.8, 4) is 11.3 Å². The molecule has 10 heteroatoms. The number of nitrogens with zero attached hydrogens (tertiary/aromatic N) is 3. The highest BCUT2D eigenvalue weighted by Crippen LogP contribution is 2.34. The third-order valence-electron chi connectivity index (χ3n) is 5.76. The number of benzene rings is 2. The molecule has 4 rings (SSSR count). The molecular formula is C23H23ClFN3O4S. The van der Waals surface area contributed by atoms with Gasteiger partial charge in [0.05, 0.1) is 15.5 Å². The van der Waals surface area contributed by atoms with Crippen molar-refractivity contribution >= 4 is 27.5 Å². The predicted octanol–water partition coefficient (Wildman–Crippen LogP) is 4.21. The second kappa shape index (κ2) is 8.89. The second-order valence-corrected chi connectivity index (χ2v) is 10.3. The zero-order valence-electron chi connectivity index (χ0n) is 18.4. The number of aromatic nitrogens is 1. The number of piperazine rings is 1. The minimum atomic E-state index is -3.69. The Morgan fingerprint density at radius 1 is 1.09 bits per heavy atom. The van der Waals surface area contributed by atoms with Gasteiger partial charge in [0.2, 0.25) is 10.0 Å². The van der Waals surface area contributed by atoms with Crippen molar-refractivity contribution in [2.45, 2.75) is 25.7 Å². The average Bonchev–Trinajstić information content (AvgIpc) is 3.15. The molecule has 174 valence electrons. The van der Waals surface area contributed by atoms with Crippen LogP contribution in [0.1, 0.15) is 27.2 Å². The molecule has 33 heavy (non-hydrogen) atoms. The molecule has 0 unspecified atom stereocenters. The van der Waals surface area contributed by atoms with Crippen LogP contribution >= 0.6 is 11.6 Å². The Morgan fingerprint density at radius 3 is 2.45 bits per heavy atom. The van der Waals surface area contributed by atoms with E-state index >= 15 is 0 Å². The van der Waals surface area contributed by atoms with E-state index in [1.807, 2.05) is 13.0 Å². The summed E-state index contributed by atoms with van der Waals surface area (Å²) in [4.78, 5) is 15.1. The first-order chi connectivity index (χ1) is 15.6. The molecule has 1 fully saturated rings. The van der Waals surface area contributed by atoms with Crippen LogP contribution in [0, 0.1) is 26.6 Å². The fraction of sp³-hybridized carbons (Fsp3) is 0.304. The Bertz CT molecular complexity index is 1310. The van der Waals surface area contributed by atoms with Gasteiger partial charge in [-0.25, -0.2) is 12.8 Å². The fourth-order valence-electron chi connectivity index (χ4n) is 3.93. The van der Waals surface area contributed by atoms with Crippen molar-refractivity contribution in [2.24, 2.45) is 0 Å². The summed E-state index contributed by atoms with van der Waals surface area (Å²) in [6, 6.07) is 9.52. The molecule has 1 aliphatic rings. The maximum Gasteiger partial charge on any atom is 0.259 e. The molecule has 1 amide bonds. The van der Waals surface area contributed by atoms with Crippen LogP contribution in [-0.4, -0.2) is 54.9 Å². The molecule has 7 nitrogen and oxygen atoms in total. The quantitative estimate of drug-likeness (QED) is 0.546. The van der Waals surface area contributed by atoms with Crippen molar-refractivity contribution in [3.05, 3.63) is 69.7 Å². The van der Waals surface area contributed by atoms with Crippen LogP contribution in [0.3, 0.4) is 0 Å². The van der Waals surface area contributed by atoms with Crippen LogP contribution in [0.2, 0.25) is 5.02 Å². The molecule has 1 aliphatic heterocycles. The normalized spacial score (nSPS) is 15.1. The molecule has 0 radical (unpaired) electrons. The Hall–Kier alpha value is -2.75. The minimum Gasteiger partial charge on any atom is -0.360 e. The predicted molar refractivity (Wildman–Crippen MR) is 122 cm³/mol. The number of sulfonamides is 1. The number of halogens is 2. The van der Waals surface area contributed by atoms with Gasteiger partial charge in [0.25, 0.3) is 5.91 Å². The third-order valence-corrected chi connectivity index (χ3v) is 8.12. The van der Waals surface area contributed by atoms with Gasteiger partial charge in [-0.3, -0.25) is 4.79 Å². The van der Waals surface area contributed by atoms with Crippen molar-refractivity contribution in [1.82, 2.24) is 14.4 Å². The molecule has 0 saturated carbocycles. The minimum absolute atomic E-state index is 0.00416. The van der Waals surface area contributed by atoms with Crippen molar-refractivity contribution in [3.63, 3.8) is 0 Å². The van der Waals surface area contributed by atoms with Gasteiger partial charge in [-0.2, -0.15) is 4.31 Å². The molecule has 2 heterocycles. The number of hydrogen-bond acceptors (Lipinski definition) is 5. The average molecular weight is 492 g/mol. The number of carbonyl (C=O) groups excluding carboxylic acids is 1. The maximum absolute atomic E-state index is 14.5. The van der Waals surface area contributed by atoms with Gasteiger partial charge in [0, 0.05) is 26.2 Å². The molecule has 0 spiro atoms.